The third kappa shape index (κ3) is 4.42. The van der Waals surface area contributed by atoms with Gasteiger partial charge >= 0.3 is 0 Å². The molecule has 0 aliphatic heterocycles. The summed E-state index contributed by atoms with van der Waals surface area (Å²) in [5, 5.41) is 7.91. The maximum Gasteiger partial charge on any atom is 0.0492 e. The molecule has 1 unspecified atom stereocenters. The molecule has 0 bridgehead atoms. The summed E-state index contributed by atoms with van der Waals surface area (Å²) in [6.45, 7) is 5.37. The molecule has 0 spiro atoms. The van der Waals surface area contributed by atoms with Crippen LogP contribution < -0.4 is 5.32 Å². The predicted octanol–water partition coefficient (Wildman–Crippen LogP) is 4.16. The minimum absolute atomic E-state index is 0.370. The zero-order valence-electron chi connectivity index (χ0n) is 13.1. The van der Waals surface area contributed by atoms with Gasteiger partial charge in [0.15, 0.2) is 0 Å². The van der Waals surface area contributed by atoms with Gasteiger partial charge in [-0.05, 0) is 56.0 Å². The molecule has 3 nitrogen and oxygen atoms in total. The Hall–Kier alpha value is -1.13. The van der Waals surface area contributed by atoms with E-state index < -0.39 is 0 Å². The summed E-state index contributed by atoms with van der Waals surface area (Å²) in [6.07, 6.45) is 5.11. The Kier molecular flexibility index (Phi) is 6.00. The van der Waals surface area contributed by atoms with Crippen LogP contribution >= 0.6 is 15.9 Å². The molecule has 2 aromatic rings. The normalized spacial score (nSPS) is 12.6. The molecular formula is C17H24BrN3. The fourth-order valence-electron chi connectivity index (χ4n) is 2.54. The molecule has 1 atom stereocenters. The monoisotopic (exact) mass is 349 g/mol. The standard InChI is InChI=1S/C17H24BrN3/c1-4-10-19-17(8-6-14-9-11-20-21(14)3)15-7-5-13(2)12-16(15)18/h5,7,9,11-12,17,19H,4,6,8,10H2,1-3H3. The fourth-order valence-corrected chi connectivity index (χ4v) is 3.31. The number of hydrogen-bond donors (Lipinski definition) is 1. The lowest BCUT2D eigenvalue weighted by molar-refractivity contribution is 0.490. The molecule has 0 radical (unpaired) electrons. The number of hydrogen-bond acceptors (Lipinski definition) is 2. The highest BCUT2D eigenvalue weighted by Gasteiger charge is 2.14. The Balaban J connectivity index is 2.12. The van der Waals surface area contributed by atoms with E-state index in [0.29, 0.717) is 6.04 Å². The number of halogens is 1. The van der Waals surface area contributed by atoms with Gasteiger partial charge in [-0.2, -0.15) is 5.10 Å². The van der Waals surface area contributed by atoms with Gasteiger partial charge in [0.05, 0.1) is 0 Å². The summed E-state index contributed by atoms with van der Waals surface area (Å²) in [4.78, 5) is 0. The van der Waals surface area contributed by atoms with Crippen molar-refractivity contribution >= 4 is 15.9 Å². The summed E-state index contributed by atoms with van der Waals surface area (Å²) in [5.74, 6) is 0. The first-order valence-corrected chi connectivity index (χ1v) is 8.37. The van der Waals surface area contributed by atoms with Crippen LogP contribution in [0, 0.1) is 6.92 Å². The Morgan fingerprint density at radius 2 is 2.14 bits per heavy atom. The molecule has 1 aromatic heterocycles. The molecular weight excluding hydrogens is 326 g/mol. The second-order valence-corrected chi connectivity index (χ2v) is 6.37. The molecule has 0 aliphatic rings. The third-order valence-corrected chi connectivity index (χ3v) is 4.47. The first-order valence-electron chi connectivity index (χ1n) is 7.58. The van der Waals surface area contributed by atoms with Crippen molar-refractivity contribution < 1.29 is 0 Å². The molecule has 0 saturated carbocycles. The number of rotatable bonds is 7. The van der Waals surface area contributed by atoms with E-state index in [2.05, 4.69) is 64.5 Å². The quantitative estimate of drug-likeness (QED) is 0.812. The van der Waals surface area contributed by atoms with Crippen molar-refractivity contribution in [2.75, 3.05) is 6.54 Å². The van der Waals surface area contributed by atoms with Crippen LogP contribution in [0.25, 0.3) is 0 Å². The van der Waals surface area contributed by atoms with Crippen LogP contribution in [0.5, 0.6) is 0 Å². The minimum atomic E-state index is 0.370. The summed E-state index contributed by atoms with van der Waals surface area (Å²) < 4.78 is 3.15. The minimum Gasteiger partial charge on any atom is -0.310 e. The van der Waals surface area contributed by atoms with Gasteiger partial charge in [0.2, 0.25) is 0 Å². The molecule has 4 heteroatoms. The highest BCUT2D eigenvalue weighted by molar-refractivity contribution is 9.10. The second kappa shape index (κ2) is 7.76. The molecule has 1 heterocycles. The highest BCUT2D eigenvalue weighted by atomic mass is 79.9. The maximum absolute atomic E-state index is 4.25. The van der Waals surface area contributed by atoms with Crippen LogP contribution in [0.15, 0.2) is 34.9 Å². The maximum atomic E-state index is 4.25. The van der Waals surface area contributed by atoms with Crippen LogP contribution in [0.3, 0.4) is 0 Å². The van der Waals surface area contributed by atoms with Crippen molar-refractivity contribution in [3.63, 3.8) is 0 Å². The van der Waals surface area contributed by atoms with Crippen LogP contribution in [0.1, 0.15) is 42.6 Å². The summed E-state index contributed by atoms with van der Waals surface area (Å²) in [6, 6.07) is 9.08. The van der Waals surface area contributed by atoms with Crippen molar-refractivity contribution in [1.29, 1.82) is 0 Å². The number of nitrogens with one attached hydrogen (secondary N) is 1. The van der Waals surface area contributed by atoms with E-state index in [1.807, 2.05) is 17.9 Å². The number of aromatic nitrogens is 2. The smallest absolute Gasteiger partial charge is 0.0492 e. The Morgan fingerprint density at radius 1 is 1.33 bits per heavy atom. The topological polar surface area (TPSA) is 29.9 Å². The number of benzene rings is 1. The zero-order valence-corrected chi connectivity index (χ0v) is 14.7. The molecule has 1 aromatic carbocycles. The van der Waals surface area contributed by atoms with E-state index >= 15 is 0 Å². The average molecular weight is 350 g/mol. The van der Waals surface area contributed by atoms with Crippen LogP contribution in [0.4, 0.5) is 0 Å². The lowest BCUT2D eigenvalue weighted by Gasteiger charge is -2.21. The van der Waals surface area contributed by atoms with Crippen molar-refractivity contribution in [3.05, 3.63) is 51.8 Å². The summed E-state index contributed by atoms with van der Waals surface area (Å²) in [5.41, 5.74) is 3.91. The summed E-state index contributed by atoms with van der Waals surface area (Å²) >= 11 is 3.72. The third-order valence-electron chi connectivity index (χ3n) is 3.78. The SMILES string of the molecule is CCCNC(CCc1ccnn1C)c1ccc(C)cc1Br. The van der Waals surface area contributed by atoms with Gasteiger partial charge in [-0.15, -0.1) is 0 Å². The van der Waals surface area contributed by atoms with E-state index in [0.717, 1.165) is 25.8 Å². The average Bonchev–Trinajstić information content (AvgIpc) is 2.85. The number of aryl methyl sites for hydroxylation is 3. The van der Waals surface area contributed by atoms with Crippen LogP contribution in [0.2, 0.25) is 0 Å². The lowest BCUT2D eigenvalue weighted by Crippen LogP contribution is -2.23. The Labute approximate surface area is 135 Å². The van der Waals surface area contributed by atoms with Gasteiger partial charge in [-0.1, -0.05) is 35.0 Å². The largest absolute Gasteiger partial charge is 0.310 e. The van der Waals surface area contributed by atoms with Crippen molar-refractivity contribution in [2.45, 2.75) is 39.2 Å². The Bertz CT molecular complexity index is 577. The predicted molar refractivity (Wildman–Crippen MR) is 91.4 cm³/mol. The molecule has 1 N–H and O–H groups in total. The summed E-state index contributed by atoms with van der Waals surface area (Å²) in [7, 11) is 2.01. The van der Waals surface area contributed by atoms with Gasteiger partial charge in [-0.25, -0.2) is 0 Å². The van der Waals surface area contributed by atoms with Gasteiger partial charge in [-0.3, -0.25) is 4.68 Å². The van der Waals surface area contributed by atoms with Crippen LogP contribution in [-0.2, 0) is 13.5 Å². The van der Waals surface area contributed by atoms with E-state index in [1.54, 1.807) is 0 Å². The van der Waals surface area contributed by atoms with Crippen molar-refractivity contribution in [2.24, 2.45) is 7.05 Å². The van der Waals surface area contributed by atoms with E-state index in [-0.39, 0.29) is 0 Å². The zero-order chi connectivity index (χ0) is 15.2. The molecule has 0 fully saturated rings. The fraction of sp³-hybridized carbons (Fsp3) is 0.471. The molecule has 21 heavy (non-hydrogen) atoms. The van der Waals surface area contributed by atoms with Gasteiger partial charge < -0.3 is 5.32 Å². The van der Waals surface area contributed by atoms with Gasteiger partial charge in [0.25, 0.3) is 0 Å². The molecule has 0 amide bonds. The molecule has 0 aliphatic carbocycles. The van der Waals surface area contributed by atoms with Crippen LogP contribution in [-0.4, -0.2) is 16.3 Å². The highest BCUT2D eigenvalue weighted by Crippen LogP contribution is 2.27. The van der Waals surface area contributed by atoms with Crippen molar-refractivity contribution in [3.8, 4) is 0 Å². The molecule has 114 valence electrons. The molecule has 2 rings (SSSR count). The van der Waals surface area contributed by atoms with E-state index in [1.165, 1.54) is 21.3 Å². The van der Waals surface area contributed by atoms with Gasteiger partial charge in [0, 0.05) is 29.5 Å². The second-order valence-electron chi connectivity index (χ2n) is 5.52. The van der Waals surface area contributed by atoms with Crippen molar-refractivity contribution in [1.82, 2.24) is 15.1 Å². The first kappa shape index (κ1) is 16.2. The Morgan fingerprint density at radius 3 is 2.76 bits per heavy atom. The van der Waals surface area contributed by atoms with Gasteiger partial charge in [0.1, 0.15) is 0 Å². The number of nitrogens with zero attached hydrogens (tertiary/aromatic N) is 2. The molecule has 0 saturated heterocycles. The van der Waals surface area contributed by atoms with E-state index in [4.69, 9.17) is 0 Å². The van der Waals surface area contributed by atoms with E-state index in [9.17, 15) is 0 Å². The first-order chi connectivity index (χ1) is 10.1. The lowest BCUT2D eigenvalue weighted by atomic mass is 9.99.